The van der Waals surface area contributed by atoms with Crippen LogP contribution >= 0.6 is 15.9 Å². The maximum atomic E-state index is 13.0. The molecule has 0 saturated carbocycles. The molecule has 0 N–H and O–H groups in total. The quantitative estimate of drug-likeness (QED) is 0.616. The Morgan fingerprint density at radius 1 is 0.727 bits per heavy atom. The van der Waals surface area contributed by atoms with E-state index < -0.39 is 0 Å². The number of carbonyl (C=O) groups is 1. The highest BCUT2D eigenvalue weighted by Gasteiger charge is 2.19. The summed E-state index contributed by atoms with van der Waals surface area (Å²) in [4.78, 5) is 14.7. The molecule has 0 aromatic heterocycles. The largest absolute Gasteiger partial charge is 0.277 e. The van der Waals surface area contributed by atoms with Crippen molar-refractivity contribution in [1.82, 2.24) is 0 Å². The van der Waals surface area contributed by atoms with Gasteiger partial charge in [-0.3, -0.25) is 9.69 Å². The van der Waals surface area contributed by atoms with Gasteiger partial charge in [0.25, 0.3) is 5.91 Å². The molecule has 3 heteroatoms. The smallest absolute Gasteiger partial charge is 0.262 e. The van der Waals surface area contributed by atoms with Crippen LogP contribution in [0.1, 0.15) is 10.4 Å². The SMILES string of the molecule is O=C(c1cccc(Br)c1)N(c1ccccc1)c1ccccc1. The van der Waals surface area contributed by atoms with E-state index in [9.17, 15) is 4.79 Å². The first-order chi connectivity index (χ1) is 10.8. The number of nitrogens with zero attached hydrogens (tertiary/aromatic N) is 1. The summed E-state index contributed by atoms with van der Waals surface area (Å²) < 4.78 is 0.888. The molecule has 0 unspecified atom stereocenters. The number of halogens is 1. The van der Waals surface area contributed by atoms with Crippen molar-refractivity contribution in [3.8, 4) is 0 Å². The summed E-state index contributed by atoms with van der Waals surface area (Å²) in [5.41, 5.74) is 2.33. The van der Waals surface area contributed by atoms with Crippen molar-refractivity contribution >= 4 is 33.2 Å². The number of carbonyl (C=O) groups excluding carboxylic acids is 1. The van der Waals surface area contributed by atoms with Crippen LogP contribution in [0.5, 0.6) is 0 Å². The van der Waals surface area contributed by atoms with Gasteiger partial charge in [0.2, 0.25) is 0 Å². The molecule has 22 heavy (non-hydrogen) atoms. The van der Waals surface area contributed by atoms with Crippen LogP contribution in [0.3, 0.4) is 0 Å². The molecule has 0 radical (unpaired) electrons. The van der Waals surface area contributed by atoms with Crippen LogP contribution < -0.4 is 4.90 Å². The molecule has 2 nitrogen and oxygen atoms in total. The molecule has 3 rings (SSSR count). The van der Waals surface area contributed by atoms with Gasteiger partial charge < -0.3 is 0 Å². The number of rotatable bonds is 3. The predicted molar refractivity (Wildman–Crippen MR) is 93.5 cm³/mol. The molecule has 0 heterocycles. The normalized spacial score (nSPS) is 10.2. The molecule has 0 aliphatic heterocycles. The van der Waals surface area contributed by atoms with Crippen LogP contribution in [-0.2, 0) is 0 Å². The van der Waals surface area contributed by atoms with Gasteiger partial charge >= 0.3 is 0 Å². The highest BCUT2D eigenvalue weighted by molar-refractivity contribution is 9.10. The van der Waals surface area contributed by atoms with Crippen LogP contribution in [0.2, 0.25) is 0 Å². The van der Waals surface area contributed by atoms with E-state index >= 15 is 0 Å². The van der Waals surface area contributed by atoms with E-state index in [-0.39, 0.29) is 5.91 Å². The number of anilines is 2. The lowest BCUT2D eigenvalue weighted by Crippen LogP contribution is -2.25. The van der Waals surface area contributed by atoms with Crippen molar-refractivity contribution in [1.29, 1.82) is 0 Å². The van der Waals surface area contributed by atoms with Gasteiger partial charge in [-0.15, -0.1) is 0 Å². The molecule has 3 aromatic rings. The third kappa shape index (κ3) is 3.10. The Balaban J connectivity index is 2.08. The first-order valence-corrected chi connectivity index (χ1v) is 7.75. The molecule has 0 spiro atoms. The van der Waals surface area contributed by atoms with E-state index in [4.69, 9.17) is 0 Å². The zero-order chi connectivity index (χ0) is 15.4. The van der Waals surface area contributed by atoms with Gasteiger partial charge in [0, 0.05) is 21.4 Å². The van der Waals surface area contributed by atoms with Crippen molar-refractivity contribution in [2.45, 2.75) is 0 Å². The van der Waals surface area contributed by atoms with E-state index in [1.807, 2.05) is 84.9 Å². The molecule has 0 fully saturated rings. The molecule has 0 aliphatic rings. The molecule has 1 amide bonds. The molecule has 0 aliphatic carbocycles. The summed E-state index contributed by atoms with van der Waals surface area (Å²) in [7, 11) is 0. The number of amides is 1. The highest BCUT2D eigenvalue weighted by Crippen LogP contribution is 2.27. The second-order valence-electron chi connectivity index (χ2n) is 4.82. The number of hydrogen-bond donors (Lipinski definition) is 0. The van der Waals surface area contributed by atoms with E-state index in [1.165, 1.54) is 0 Å². The molecule has 0 saturated heterocycles. The number of hydrogen-bond acceptors (Lipinski definition) is 1. The van der Waals surface area contributed by atoms with Crippen LogP contribution in [0.25, 0.3) is 0 Å². The van der Waals surface area contributed by atoms with Gasteiger partial charge in [-0.05, 0) is 42.5 Å². The second kappa shape index (κ2) is 6.58. The van der Waals surface area contributed by atoms with E-state index in [1.54, 1.807) is 4.90 Å². The Kier molecular flexibility index (Phi) is 4.35. The minimum Gasteiger partial charge on any atom is -0.277 e. The van der Waals surface area contributed by atoms with Crippen molar-refractivity contribution in [3.05, 3.63) is 95.0 Å². The molecule has 108 valence electrons. The fraction of sp³-hybridized carbons (Fsp3) is 0. The van der Waals surface area contributed by atoms with Crippen LogP contribution in [0.15, 0.2) is 89.4 Å². The summed E-state index contributed by atoms with van der Waals surface area (Å²) in [6, 6.07) is 26.8. The second-order valence-corrected chi connectivity index (χ2v) is 5.74. The fourth-order valence-corrected chi connectivity index (χ4v) is 2.69. The average Bonchev–Trinajstić information content (AvgIpc) is 2.57. The van der Waals surface area contributed by atoms with Crippen molar-refractivity contribution in [2.75, 3.05) is 4.90 Å². The molecule has 0 atom stereocenters. The molecule has 3 aromatic carbocycles. The highest BCUT2D eigenvalue weighted by atomic mass is 79.9. The van der Waals surface area contributed by atoms with Gasteiger partial charge in [-0.25, -0.2) is 0 Å². The van der Waals surface area contributed by atoms with Crippen LogP contribution in [0.4, 0.5) is 11.4 Å². The maximum Gasteiger partial charge on any atom is 0.262 e. The lowest BCUT2D eigenvalue weighted by Gasteiger charge is -2.23. The van der Waals surface area contributed by atoms with Gasteiger partial charge in [-0.2, -0.15) is 0 Å². The van der Waals surface area contributed by atoms with E-state index in [2.05, 4.69) is 15.9 Å². The summed E-state index contributed by atoms with van der Waals surface area (Å²) >= 11 is 3.42. The molecule has 0 bridgehead atoms. The Morgan fingerprint density at radius 3 is 1.77 bits per heavy atom. The predicted octanol–water partition coefficient (Wildman–Crippen LogP) is 5.43. The Morgan fingerprint density at radius 2 is 1.27 bits per heavy atom. The van der Waals surface area contributed by atoms with Crippen LogP contribution in [0, 0.1) is 0 Å². The third-order valence-electron chi connectivity index (χ3n) is 3.30. The summed E-state index contributed by atoms with van der Waals surface area (Å²) in [5, 5.41) is 0. The minimum atomic E-state index is -0.0568. The first-order valence-electron chi connectivity index (χ1n) is 6.96. The lowest BCUT2D eigenvalue weighted by atomic mass is 10.1. The van der Waals surface area contributed by atoms with E-state index in [0.717, 1.165) is 15.8 Å². The standard InChI is InChI=1S/C19H14BrNO/c20-16-9-7-8-15(14-16)19(22)21(17-10-3-1-4-11-17)18-12-5-2-6-13-18/h1-14H. The Labute approximate surface area is 138 Å². The average molecular weight is 352 g/mol. The van der Waals surface area contributed by atoms with Gasteiger partial charge in [-0.1, -0.05) is 58.4 Å². The fourth-order valence-electron chi connectivity index (χ4n) is 2.29. The summed E-state index contributed by atoms with van der Waals surface area (Å²) in [5.74, 6) is -0.0568. The molecular weight excluding hydrogens is 338 g/mol. The van der Waals surface area contributed by atoms with Crippen molar-refractivity contribution < 1.29 is 4.79 Å². The van der Waals surface area contributed by atoms with Gasteiger partial charge in [0.1, 0.15) is 0 Å². The van der Waals surface area contributed by atoms with Gasteiger partial charge in [0.05, 0.1) is 0 Å². The zero-order valence-electron chi connectivity index (χ0n) is 11.8. The van der Waals surface area contributed by atoms with Gasteiger partial charge in [0.15, 0.2) is 0 Å². The maximum absolute atomic E-state index is 13.0. The van der Waals surface area contributed by atoms with Crippen molar-refractivity contribution in [3.63, 3.8) is 0 Å². The topological polar surface area (TPSA) is 20.3 Å². The number of para-hydroxylation sites is 2. The van der Waals surface area contributed by atoms with E-state index in [0.29, 0.717) is 5.56 Å². The third-order valence-corrected chi connectivity index (χ3v) is 3.80. The van der Waals surface area contributed by atoms with Crippen LogP contribution in [-0.4, -0.2) is 5.91 Å². The monoisotopic (exact) mass is 351 g/mol. The minimum absolute atomic E-state index is 0.0568. The summed E-state index contributed by atoms with van der Waals surface area (Å²) in [6.45, 7) is 0. The summed E-state index contributed by atoms with van der Waals surface area (Å²) in [6.07, 6.45) is 0. The Bertz CT molecular complexity index is 732. The first kappa shape index (κ1) is 14.5. The van der Waals surface area contributed by atoms with Crippen molar-refractivity contribution in [2.24, 2.45) is 0 Å². The Hall–Kier alpha value is -2.39. The zero-order valence-corrected chi connectivity index (χ0v) is 13.4. The number of benzene rings is 3. The molecular formula is C19H14BrNO. The lowest BCUT2D eigenvalue weighted by molar-refractivity contribution is 0.0999.